The summed E-state index contributed by atoms with van der Waals surface area (Å²) in [5.41, 5.74) is 0.440. The summed E-state index contributed by atoms with van der Waals surface area (Å²) in [5, 5.41) is 22.0. The van der Waals surface area contributed by atoms with Gasteiger partial charge in [0.25, 0.3) is 0 Å². The van der Waals surface area contributed by atoms with E-state index in [4.69, 9.17) is 10.2 Å². The largest absolute Gasteiger partial charge is 0.479 e. The minimum Gasteiger partial charge on any atom is -0.479 e. The van der Waals surface area contributed by atoms with Gasteiger partial charge in [-0.15, -0.1) is 0 Å². The second-order valence-electron chi connectivity index (χ2n) is 3.96. The van der Waals surface area contributed by atoms with Gasteiger partial charge in [0, 0.05) is 13.0 Å². The molecule has 0 radical (unpaired) electrons. The van der Waals surface area contributed by atoms with Crippen molar-refractivity contribution >= 4 is 17.7 Å². The monoisotopic (exact) mass is 270 g/mol. The number of nitrogens with one attached hydrogen (secondary N) is 2. The summed E-state index contributed by atoms with van der Waals surface area (Å²) in [4.78, 5) is 21.7. The third-order valence-electron chi connectivity index (χ3n) is 2.43. The molecule has 0 saturated heterocycles. The third-order valence-corrected chi connectivity index (χ3v) is 2.43. The number of carboxylic acid groups (broad SMARTS) is 1. The zero-order valence-corrected chi connectivity index (χ0v) is 10.3. The molecule has 104 valence electrons. The first kappa shape index (κ1) is 14.9. The molecule has 0 spiro atoms. The number of hydrogen-bond acceptors (Lipinski definition) is 3. The van der Waals surface area contributed by atoms with Gasteiger partial charge in [-0.05, 0) is 18.6 Å². The van der Waals surface area contributed by atoms with Crippen molar-refractivity contribution in [3.05, 3.63) is 29.6 Å². The van der Waals surface area contributed by atoms with Gasteiger partial charge >= 0.3 is 12.0 Å². The number of benzene rings is 1. The van der Waals surface area contributed by atoms with Crippen molar-refractivity contribution in [1.82, 2.24) is 5.32 Å². The molecule has 0 bridgehead atoms. The highest BCUT2D eigenvalue weighted by atomic mass is 19.1. The molecule has 1 aromatic rings. The lowest BCUT2D eigenvalue weighted by Crippen LogP contribution is -2.33. The van der Waals surface area contributed by atoms with Crippen molar-refractivity contribution in [3.8, 4) is 0 Å². The Labute approximate surface area is 109 Å². The molecule has 6 nitrogen and oxygen atoms in total. The molecule has 4 N–H and O–H groups in total. The molecule has 0 heterocycles. The maximum Gasteiger partial charge on any atom is 0.332 e. The van der Waals surface area contributed by atoms with Gasteiger partial charge in [0.2, 0.25) is 0 Å². The van der Waals surface area contributed by atoms with E-state index in [0.717, 1.165) is 0 Å². The number of aliphatic carboxylic acids is 1. The Morgan fingerprint density at radius 2 is 2.11 bits per heavy atom. The van der Waals surface area contributed by atoms with Crippen molar-refractivity contribution in [2.45, 2.75) is 19.4 Å². The smallest absolute Gasteiger partial charge is 0.332 e. The van der Waals surface area contributed by atoms with Gasteiger partial charge in [0.05, 0.1) is 5.69 Å². The number of carbonyl (C=O) groups is 2. The fraction of sp³-hybridized carbons (Fsp3) is 0.333. The van der Waals surface area contributed by atoms with E-state index in [1.165, 1.54) is 6.07 Å². The SMILES string of the molecule is Cc1cccc(NC(=O)NCCC(O)C(=O)O)c1F. The summed E-state index contributed by atoms with van der Waals surface area (Å²) in [6.07, 6.45) is -1.66. The predicted octanol–water partition coefficient (Wildman–Crippen LogP) is 1.09. The quantitative estimate of drug-likeness (QED) is 0.643. The van der Waals surface area contributed by atoms with Crippen LogP contribution in [-0.4, -0.2) is 34.9 Å². The van der Waals surface area contributed by atoms with Gasteiger partial charge in [-0.3, -0.25) is 0 Å². The van der Waals surface area contributed by atoms with Crippen LogP contribution in [0.5, 0.6) is 0 Å². The summed E-state index contributed by atoms with van der Waals surface area (Å²) >= 11 is 0. The standard InChI is InChI=1S/C12H15FN2O4/c1-7-3-2-4-8(10(7)13)15-12(19)14-6-5-9(16)11(17)18/h2-4,9,16H,5-6H2,1H3,(H,17,18)(H2,14,15,19). The van der Waals surface area contributed by atoms with E-state index in [9.17, 15) is 14.0 Å². The number of aryl methyl sites for hydroxylation is 1. The van der Waals surface area contributed by atoms with Crippen LogP contribution >= 0.6 is 0 Å². The molecule has 19 heavy (non-hydrogen) atoms. The topological polar surface area (TPSA) is 98.7 Å². The molecule has 7 heteroatoms. The summed E-state index contributed by atoms with van der Waals surface area (Å²) in [6.45, 7) is 1.54. The van der Waals surface area contributed by atoms with E-state index >= 15 is 0 Å². The van der Waals surface area contributed by atoms with Crippen molar-refractivity contribution in [2.24, 2.45) is 0 Å². The lowest BCUT2D eigenvalue weighted by Gasteiger charge is -2.10. The molecule has 1 unspecified atom stereocenters. The predicted molar refractivity (Wildman–Crippen MR) is 66.4 cm³/mol. The highest BCUT2D eigenvalue weighted by molar-refractivity contribution is 5.89. The second kappa shape index (κ2) is 6.69. The van der Waals surface area contributed by atoms with Gasteiger partial charge in [0.15, 0.2) is 6.10 Å². The van der Waals surface area contributed by atoms with Gasteiger partial charge in [-0.25, -0.2) is 14.0 Å². The molecular weight excluding hydrogens is 255 g/mol. The summed E-state index contributed by atoms with van der Waals surface area (Å²) in [6, 6.07) is 3.92. The molecule has 0 aliphatic rings. The van der Waals surface area contributed by atoms with Gasteiger partial charge in [-0.1, -0.05) is 12.1 Å². The molecule has 0 aliphatic heterocycles. The average molecular weight is 270 g/mol. The molecule has 2 amide bonds. The number of urea groups is 1. The summed E-state index contributed by atoms with van der Waals surface area (Å²) in [7, 11) is 0. The first-order chi connectivity index (χ1) is 8.91. The van der Waals surface area contributed by atoms with Crippen LogP contribution < -0.4 is 10.6 Å². The van der Waals surface area contributed by atoms with E-state index in [2.05, 4.69) is 10.6 Å². The number of amides is 2. The molecule has 0 aliphatic carbocycles. The Bertz CT molecular complexity index is 479. The molecule has 0 aromatic heterocycles. The van der Waals surface area contributed by atoms with Gasteiger partial charge in [0.1, 0.15) is 5.82 Å². The number of aliphatic hydroxyl groups is 1. The molecular formula is C12H15FN2O4. The molecule has 1 rings (SSSR count). The number of rotatable bonds is 5. The third kappa shape index (κ3) is 4.55. The molecule has 0 saturated carbocycles. The van der Waals surface area contributed by atoms with E-state index in [0.29, 0.717) is 5.56 Å². The minimum absolute atomic E-state index is 0.0350. The number of aliphatic hydroxyl groups excluding tert-OH is 1. The van der Waals surface area contributed by atoms with E-state index in [1.54, 1.807) is 19.1 Å². The molecule has 0 fully saturated rings. The van der Waals surface area contributed by atoms with Gasteiger partial charge in [-0.2, -0.15) is 0 Å². The Balaban J connectivity index is 2.43. The molecule has 1 aromatic carbocycles. The van der Waals surface area contributed by atoms with Crippen LogP contribution in [0.25, 0.3) is 0 Å². The van der Waals surface area contributed by atoms with Crippen LogP contribution in [0.1, 0.15) is 12.0 Å². The fourth-order valence-electron chi connectivity index (χ4n) is 1.36. The van der Waals surface area contributed by atoms with Crippen molar-refractivity contribution < 1.29 is 24.2 Å². The normalized spacial score (nSPS) is 11.7. The average Bonchev–Trinajstić information content (AvgIpc) is 2.34. The lowest BCUT2D eigenvalue weighted by atomic mass is 10.2. The number of halogens is 1. The fourth-order valence-corrected chi connectivity index (χ4v) is 1.36. The van der Waals surface area contributed by atoms with Crippen LogP contribution in [0.2, 0.25) is 0 Å². The van der Waals surface area contributed by atoms with Crippen molar-refractivity contribution in [2.75, 3.05) is 11.9 Å². The Morgan fingerprint density at radius 3 is 2.74 bits per heavy atom. The van der Waals surface area contributed by atoms with Crippen molar-refractivity contribution in [3.63, 3.8) is 0 Å². The molecule has 1 atom stereocenters. The van der Waals surface area contributed by atoms with Crippen molar-refractivity contribution in [1.29, 1.82) is 0 Å². The maximum atomic E-state index is 13.6. The van der Waals surface area contributed by atoms with Crippen LogP contribution in [0.3, 0.4) is 0 Å². The second-order valence-corrected chi connectivity index (χ2v) is 3.96. The van der Waals surface area contributed by atoms with Crippen LogP contribution in [0, 0.1) is 12.7 Å². The van der Waals surface area contributed by atoms with Crippen LogP contribution in [0.15, 0.2) is 18.2 Å². The van der Waals surface area contributed by atoms with E-state index in [1.807, 2.05) is 0 Å². The Morgan fingerprint density at radius 1 is 1.42 bits per heavy atom. The van der Waals surface area contributed by atoms with Crippen LogP contribution in [-0.2, 0) is 4.79 Å². The zero-order chi connectivity index (χ0) is 14.4. The highest BCUT2D eigenvalue weighted by Crippen LogP contribution is 2.16. The minimum atomic E-state index is -1.53. The number of carboxylic acids is 1. The summed E-state index contributed by atoms with van der Waals surface area (Å²) < 4.78 is 13.6. The van der Waals surface area contributed by atoms with Gasteiger partial charge < -0.3 is 20.8 Å². The highest BCUT2D eigenvalue weighted by Gasteiger charge is 2.13. The maximum absolute atomic E-state index is 13.6. The number of hydrogen-bond donors (Lipinski definition) is 4. The Hall–Kier alpha value is -2.15. The van der Waals surface area contributed by atoms with E-state index in [-0.39, 0.29) is 18.7 Å². The lowest BCUT2D eigenvalue weighted by molar-refractivity contribution is -0.146. The zero-order valence-electron chi connectivity index (χ0n) is 10.3. The van der Waals surface area contributed by atoms with E-state index < -0.39 is 23.9 Å². The van der Waals surface area contributed by atoms with Crippen LogP contribution in [0.4, 0.5) is 14.9 Å². The Kier molecular flexibility index (Phi) is 5.25. The first-order valence-corrected chi connectivity index (χ1v) is 5.62. The number of carbonyl (C=O) groups excluding carboxylic acids is 1. The summed E-state index contributed by atoms with van der Waals surface area (Å²) in [5.74, 6) is -1.88. The number of anilines is 1. The first-order valence-electron chi connectivity index (χ1n) is 5.62.